The summed E-state index contributed by atoms with van der Waals surface area (Å²) in [6.07, 6.45) is 1.41. The van der Waals surface area contributed by atoms with Gasteiger partial charge in [-0.1, -0.05) is 13.8 Å². The Morgan fingerprint density at radius 2 is 1.66 bits per heavy atom. The molecule has 0 saturated heterocycles. The molecule has 1 aromatic carbocycles. The van der Waals surface area contributed by atoms with Crippen LogP contribution in [0.5, 0.6) is 11.5 Å². The number of ether oxygens (including phenoxy) is 4. The van der Waals surface area contributed by atoms with Crippen molar-refractivity contribution in [2.24, 2.45) is 0 Å². The van der Waals surface area contributed by atoms with Gasteiger partial charge in [-0.3, -0.25) is 4.68 Å². The standard InChI is InChI=1S/C21H26N4O4/c1-4-19-21(29-18-11-16(13-22)10-17(12-18)14-23)20(5-2)25(24-19)6-7-27-15-28-9-8-26-3/h10-12H,4-9,15H2,1-3H3. The average Bonchev–Trinajstić information content (AvgIpc) is 3.08. The molecule has 0 aliphatic rings. The molecule has 0 N–H and O–H groups in total. The van der Waals surface area contributed by atoms with Gasteiger partial charge in [-0.2, -0.15) is 15.6 Å². The summed E-state index contributed by atoms with van der Waals surface area (Å²) < 4.78 is 23.7. The van der Waals surface area contributed by atoms with Gasteiger partial charge in [0.05, 0.1) is 55.3 Å². The summed E-state index contributed by atoms with van der Waals surface area (Å²) in [5, 5.41) is 23.0. The zero-order valence-corrected chi connectivity index (χ0v) is 17.1. The molecule has 8 nitrogen and oxygen atoms in total. The predicted molar refractivity (Wildman–Crippen MR) is 106 cm³/mol. The fourth-order valence-corrected chi connectivity index (χ4v) is 2.79. The maximum atomic E-state index is 9.18. The molecule has 0 aliphatic carbocycles. The maximum absolute atomic E-state index is 9.18. The molecular formula is C21H26N4O4. The SMILES string of the molecule is CCc1nn(CCOCOCCOC)c(CC)c1Oc1cc(C#N)cc(C#N)c1. The van der Waals surface area contributed by atoms with Crippen molar-refractivity contribution >= 4 is 0 Å². The Hall–Kier alpha value is -2.91. The first-order valence-corrected chi connectivity index (χ1v) is 9.52. The Morgan fingerprint density at radius 1 is 0.966 bits per heavy atom. The molecule has 29 heavy (non-hydrogen) atoms. The second-order valence-corrected chi connectivity index (χ2v) is 6.15. The lowest BCUT2D eigenvalue weighted by Gasteiger charge is -2.10. The quantitative estimate of drug-likeness (QED) is 0.400. The van der Waals surface area contributed by atoms with Crippen LogP contribution in [0.4, 0.5) is 0 Å². The van der Waals surface area contributed by atoms with Gasteiger partial charge in [-0.15, -0.1) is 0 Å². The highest BCUT2D eigenvalue weighted by Crippen LogP contribution is 2.31. The zero-order valence-electron chi connectivity index (χ0n) is 17.1. The second-order valence-electron chi connectivity index (χ2n) is 6.15. The predicted octanol–water partition coefficient (Wildman–Crippen LogP) is 3.18. The van der Waals surface area contributed by atoms with Crippen molar-refractivity contribution in [3.63, 3.8) is 0 Å². The van der Waals surface area contributed by atoms with E-state index in [1.807, 2.05) is 18.5 Å². The van der Waals surface area contributed by atoms with Gasteiger partial charge in [0.25, 0.3) is 0 Å². The largest absolute Gasteiger partial charge is 0.453 e. The molecule has 0 radical (unpaired) electrons. The molecule has 0 amide bonds. The Labute approximate surface area is 171 Å². The van der Waals surface area contributed by atoms with Crippen molar-refractivity contribution in [1.29, 1.82) is 10.5 Å². The van der Waals surface area contributed by atoms with Gasteiger partial charge in [0, 0.05) is 7.11 Å². The van der Waals surface area contributed by atoms with E-state index < -0.39 is 0 Å². The van der Waals surface area contributed by atoms with Crippen molar-refractivity contribution in [3.8, 4) is 23.6 Å². The van der Waals surface area contributed by atoms with E-state index in [0.29, 0.717) is 55.4 Å². The smallest absolute Gasteiger partial charge is 0.171 e. The number of methoxy groups -OCH3 is 1. The van der Waals surface area contributed by atoms with Crippen LogP contribution in [0.1, 0.15) is 36.4 Å². The summed E-state index contributed by atoms with van der Waals surface area (Å²) >= 11 is 0. The van der Waals surface area contributed by atoms with Crippen LogP contribution in [-0.2, 0) is 33.6 Å². The van der Waals surface area contributed by atoms with E-state index >= 15 is 0 Å². The first-order valence-electron chi connectivity index (χ1n) is 9.52. The van der Waals surface area contributed by atoms with Crippen molar-refractivity contribution < 1.29 is 18.9 Å². The molecule has 0 bridgehead atoms. The molecular weight excluding hydrogens is 372 g/mol. The normalized spacial score (nSPS) is 10.5. The molecule has 0 aliphatic heterocycles. The number of aromatic nitrogens is 2. The molecule has 0 unspecified atom stereocenters. The monoisotopic (exact) mass is 398 g/mol. The van der Waals surface area contributed by atoms with Crippen LogP contribution in [0, 0.1) is 22.7 Å². The Kier molecular flexibility index (Phi) is 9.13. The molecule has 0 fully saturated rings. The van der Waals surface area contributed by atoms with Crippen molar-refractivity contribution in [1.82, 2.24) is 9.78 Å². The van der Waals surface area contributed by atoms with Crippen molar-refractivity contribution in [2.75, 3.05) is 33.7 Å². The summed E-state index contributed by atoms with van der Waals surface area (Å²) in [6, 6.07) is 8.89. The number of benzene rings is 1. The lowest BCUT2D eigenvalue weighted by Crippen LogP contribution is -2.13. The van der Waals surface area contributed by atoms with Crippen molar-refractivity contribution in [3.05, 3.63) is 40.7 Å². The minimum Gasteiger partial charge on any atom is -0.453 e. The fraction of sp³-hybridized carbons (Fsp3) is 0.476. The fourth-order valence-electron chi connectivity index (χ4n) is 2.79. The van der Waals surface area contributed by atoms with Crippen LogP contribution in [0.25, 0.3) is 0 Å². The van der Waals surface area contributed by atoms with Gasteiger partial charge < -0.3 is 18.9 Å². The zero-order chi connectivity index (χ0) is 21.1. The molecule has 154 valence electrons. The molecule has 0 atom stereocenters. The molecule has 1 heterocycles. The summed E-state index contributed by atoms with van der Waals surface area (Å²) in [5.41, 5.74) is 2.51. The topological polar surface area (TPSA) is 102 Å². The van der Waals surface area contributed by atoms with Crippen LogP contribution in [-0.4, -0.2) is 43.5 Å². The number of nitrogens with zero attached hydrogens (tertiary/aromatic N) is 4. The van der Waals surface area contributed by atoms with Crippen LogP contribution in [0.15, 0.2) is 18.2 Å². The van der Waals surface area contributed by atoms with E-state index in [-0.39, 0.29) is 6.79 Å². The minimum absolute atomic E-state index is 0.202. The Morgan fingerprint density at radius 3 is 2.24 bits per heavy atom. The summed E-state index contributed by atoms with van der Waals surface area (Å²) in [6.45, 7) is 6.27. The maximum Gasteiger partial charge on any atom is 0.171 e. The van der Waals surface area contributed by atoms with Crippen LogP contribution in [0.2, 0.25) is 0 Å². The number of nitriles is 2. The average molecular weight is 398 g/mol. The summed E-state index contributed by atoms with van der Waals surface area (Å²) in [7, 11) is 1.62. The highest BCUT2D eigenvalue weighted by atomic mass is 16.7. The van der Waals surface area contributed by atoms with Crippen LogP contribution < -0.4 is 4.74 Å². The molecule has 2 aromatic rings. The van der Waals surface area contributed by atoms with Crippen LogP contribution in [0.3, 0.4) is 0 Å². The third-order valence-corrected chi connectivity index (χ3v) is 4.18. The first-order chi connectivity index (χ1) is 14.2. The molecule has 2 rings (SSSR count). The first kappa shape index (κ1) is 22.4. The molecule has 0 spiro atoms. The van der Waals surface area contributed by atoms with Gasteiger partial charge in [0.2, 0.25) is 0 Å². The molecule has 1 aromatic heterocycles. The van der Waals surface area contributed by atoms with E-state index in [2.05, 4.69) is 17.2 Å². The van der Waals surface area contributed by atoms with E-state index in [1.54, 1.807) is 19.2 Å². The summed E-state index contributed by atoms with van der Waals surface area (Å²) in [5.74, 6) is 1.12. The molecule has 0 saturated carbocycles. The molecule has 8 heteroatoms. The Balaban J connectivity index is 2.12. The van der Waals surface area contributed by atoms with E-state index in [9.17, 15) is 10.5 Å². The van der Waals surface area contributed by atoms with E-state index in [0.717, 1.165) is 17.8 Å². The number of rotatable bonds is 12. The third-order valence-electron chi connectivity index (χ3n) is 4.18. The van der Waals surface area contributed by atoms with Crippen molar-refractivity contribution in [2.45, 2.75) is 33.2 Å². The van der Waals surface area contributed by atoms with Gasteiger partial charge >= 0.3 is 0 Å². The van der Waals surface area contributed by atoms with Gasteiger partial charge in [-0.25, -0.2) is 0 Å². The van der Waals surface area contributed by atoms with Crippen LogP contribution >= 0.6 is 0 Å². The highest BCUT2D eigenvalue weighted by molar-refractivity contribution is 5.48. The highest BCUT2D eigenvalue weighted by Gasteiger charge is 2.18. The number of aryl methyl sites for hydroxylation is 1. The van der Waals surface area contributed by atoms with E-state index in [1.165, 1.54) is 6.07 Å². The lowest BCUT2D eigenvalue weighted by molar-refractivity contribution is -0.0679. The van der Waals surface area contributed by atoms with Gasteiger partial charge in [0.1, 0.15) is 18.2 Å². The summed E-state index contributed by atoms with van der Waals surface area (Å²) in [4.78, 5) is 0. The minimum atomic E-state index is 0.202. The Bertz CT molecular complexity index is 848. The number of hydrogen-bond donors (Lipinski definition) is 0. The van der Waals surface area contributed by atoms with Gasteiger partial charge in [-0.05, 0) is 31.0 Å². The third kappa shape index (κ3) is 6.30. The number of hydrogen-bond acceptors (Lipinski definition) is 7. The van der Waals surface area contributed by atoms with Gasteiger partial charge in [0.15, 0.2) is 5.75 Å². The second kappa shape index (κ2) is 11.8. The lowest BCUT2D eigenvalue weighted by atomic mass is 10.1. The van der Waals surface area contributed by atoms with E-state index in [4.69, 9.17) is 18.9 Å².